The van der Waals surface area contributed by atoms with Gasteiger partial charge in [0.2, 0.25) is 5.95 Å². The average Bonchev–Trinajstić information content (AvgIpc) is 2.26. The van der Waals surface area contributed by atoms with Crippen molar-refractivity contribution in [2.24, 2.45) is 5.73 Å². The first-order valence-corrected chi connectivity index (χ1v) is 4.76. The number of nitrogens with two attached hydrogens (primary N) is 1. The molecule has 2 heterocycles. The summed E-state index contributed by atoms with van der Waals surface area (Å²) in [4.78, 5) is 8.56. The van der Waals surface area contributed by atoms with Crippen LogP contribution in [0.15, 0.2) is 6.20 Å². The molecule has 0 spiro atoms. The second-order valence-corrected chi connectivity index (χ2v) is 3.18. The molecule has 0 atom stereocenters. The van der Waals surface area contributed by atoms with Gasteiger partial charge in [-0.05, 0) is 0 Å². The fourth-order valence-corrected chi connectivity index (χ4v) is 1.40. The van der Waals surface area contributed by atoms with Gasteiger partial charge in [0.1, 0.15) is 0 Å². The van der Waals surface area contributed by atoms with E-state index in [-0.39, 0.29) is 0 Å². The second kappa shape index (κ2) is 4.34. The molecule has 1 aliphatic heterocycles. The van der Waals surface area contributed by atoms with E-state index < -0.39 is 0 Å². The minimum Gasteiger partial charge on any atom is -0.376 e. The van der Waals surface area contributed by atoms with E-state index in [0.29, 0.717) is 25.6 Å². The number of hydrogen-bond donors (Lipinski definition) is 2. The summed E-state index contributed by atoms with van der Waals surface area (Å²) >= 11 is 0. The Morgan fingerprint density at radius 2 is 2.50 bits per heavy atom. The molecule has 5 nitrogen and oxygen atoms in total. The van der Waals surface area contributed by atoms with Crippen LogP contribution in [0.2, 0.25) is 0 Å². The normalized spacial score (nSPS) is 14.9. The molecule has 0 unspecified atom stereocenters. The van der Waals surface area contributed by atoms with Crippen molar-refractivity contribution in [3.05, 3.63) is 17.5 Å². The van der Waals surface area contributed by atoms with E-state index in [2.05, 4.69) is 15.3 Å². The number of aromatic nitrogens is 2. The Balaban J connectivity index is 2.12. The third-order valence-corrected chi connectivity index (χ3v) is 2.12. The van der Waals surface area contributed by atoms with Crippen LogP contribution in [-0.2, 0) is 17.8 Å². The maximum Gasteiger partial charge on any atom is 0.222 e. The Kier molecular flexibility index (Phi) is 2.90. The Labute approximate surface area is 82.7 Å². The predicted molar refractivity (Wildman–Crippen MR) is 52.9 cm³/mol. The van der Waals surface area contributed by atoms with Gasteiger partial charge in [-0.1, -0.05) is 0 Å². The van der Waals surface area contributed by atoms with Crippen molar-refractivity contribution < 1.29 is 4.74 Å². The largest absolute Gasteiger partial charge is 0.376 e. The SMILES string of the molecule is NCCNc1ncc2c(n1)CCOC2. The monoisotopic (exact) mass is 194 g/mol. The third kappa shape index (κ3) is 2.00. The van der Waals surface area contributed by atoms with Crippen LogP contribution in [-0.4, -0.2) is 29.7 Å². The summed E-state index contributed by atoms with van der Waals surface area (Å²) in [6.07, 6.45) is 2.69. The van der Waals surface area contributed by atoms with Crippen molar-refractivity contribution in [3.8, 4) is 0 Å². The number of nitrogens with zero attached hydrogens (tertiary/aromatic N) is 2. The number of fused-ring (bicyclic) bond motifs is 1. The van der Waals surface area contributed by atoms with Crippen molar-refractivity contribution in [2.75, 3.05) is 25.0 Å². The van der Waals surface area contributed by atoms with Gasteiger partial charge in [0.25, 0.3) is 0 Å². The van der Waals surface area contributed by atoms with E-state index in [9.17, 15) is 0 Å². The van der Waals surface area contributed by atoms with Gasteiger partial charge in [-0.3, -0.25) is 0 Å². The predicted octanol–water partition coefficient (Wildman–Crippen LogP) is -0.0801. The summed E-state index contributed by atoms with van der Waals surface area (Å²) in [6, 6.07) is 0. The summed E-state index contributed by atoms with van der Waals surface area (Å²) in [6.45, 7) is 2.67. The Bertz CT molecular complexity index is 316. The summed E-state index contributed by atoms with van der Waals surface area (Å²) in [5.74, 6) is 0.663. The lowest BCUT2D eigenvalue weighted by molar-refractivity contribution is 0.109. The van der Waals surface area contributed by atoms with E-state index in [0.717, 1.165) is 24.3 Å². The maximum atomic E-state index is 5.38. The highest BCUT2D eigenvalue weighted by Crippen LogP contribution is 2.14. The molecular formula is C9H14N4O. The molecule has 0 aliphatic carbocycles. The number of rotatable bonds is 3. The molecule has 3 N–H and O–H groups in total. The Hall–Kier alpha value is -1.20. The van der Waals surface area contributed by atoms with E-state index in [4.69, 9.17) is 10.5 Å². The lowest BCUT2D eigenvalue weighted by Gasteiger charge is -2.15. The smallest absolute Gasteiger partial charge is 0.222 e. The molecule has 1 aromatic rings. The van der Waals surface area contributed by atoms with Crippen LogP contribution in [0, 0.1) is 0 Å². The third-order valence-electron chi connectivity index (χ3n) is 2.12. The molecule has 0 fully saturated rings. The van der Waals surface area contributed by atoms with E-state index in [1.165, 1.54) is 0 Å². The lowest BCUT2D eigenvalue weighted by atomic mass is 10.1. The molecule has 2 rings (SSSR count). The van der Waals surface area contributed by atoms with Crippen molar-refractivity contribution in [1.82, 2.24) is 9.97 Å². The minimum absolute atomic E-state index is 0.587. The molecule has 14 heavy (non-hydrogen) atoms. The molecule has 1 aliphatic rings. The van der Waals surface area contributed by atoms with E-state index in [1.54, 1.807) is 0 Å². The van der Waals surface area contributed by atoms with Crippen molar-refractivity contribution in [1.29, 1.82) is 0 Å². The number of nitrogens with one attached hydrogen (secondary N) is 1. The average molecular weight is 194 g/mol. The number of ether oxygens (including phenoxy) is 1. The molecule has 0 bridgehead atoms. The highest BCUT2D eigenvalue weighted by atomic mass is 16.5. The van der Waals surface area contributed by atoms with Crippen LogP contribution < -0.4 is 11.1 Å². The van der Waals surface area contributed by atoms with Gasteiger partial charge in [0, 0.05) is 31.3 Å². The first-order valence-electron chi connectivity index (χ1n) is 4.76. The molecule has 0 saturated heterocycles. The number of anilines is 1. The standard InChI is InChI=1S/C9H14N4O/c10-2-3-11-9-12-5-7-6-14-4-1-8(7)13-9/h5H,1-4,6,10H2,(H,11,12,13). The lowest BCUT2D eigenvalue weighted by Crippen LogP contribution is -2.17. The summed E-state index contributed by atoms with van der Waals surface area (Å²) in [7, 11) is 0. The van der Waals surface area contributed by atoms with Crippen LogP contribution in [0.5, 0.6) is 0 Å². The number of hydrogen-bond acceptors (Lipinski definition) is 5. The highest BCUT2D eigenvalue weighted by molar-refractivity contribution is 5.30. The van der Waals surface area contributed by atoms with Gasteiger partial charge in [0.15, 0.2) is 0 Å². The molecule has 0 aromatic carbocycles. The van der Waals surface area contributed by atoms with Crippen LogP contribution in [0.3, 0.4) is 0 Å². The molecule has 76 valence electrons. The maximum absolute atomic E-state index is 5.38. The highest BCUT2D eigenvalue weighted by Gasteiger charge is 2.11. The van der Waals surface area contributed by atoms with Gasteiger partial charge in [-0.25, -0.2) is 9.97 Å². The first kappa shape index (κ1) is 9.36. The molecule has 5 heteroatoms. The fourth-order valence-electron chi connectivity index (χ4n) is 1.40. The second-order valence-electron chi connectivity index (χ2n) is 3.18. The summed E-state index contributed by atoms with van der Waals surface area (Å²) in [5, 5.41) is 3.06. The zero-order valence-electron chi connectivity index (χ0n) is 7.99. The molecule has 0 saturated carbocycles. The summed E-state index contributed by atoms with van der Waals surface area (Å²) in [5.41, 5.74) is 7.56. The van der Waals surface area contributed by atoms with Crippen LogP contribution in [0.25, 0.3) is 0 Å². The van der Waals surface area contributed by atoms with Gasteiger partial charge in [-0.2, -0.15) is 0 Å². The summed E-state index contributed by atoms with van der Waals surface area (Å²) < 4.78 is 5.30. The zero-order valence-corrected chi connectivity index (χ0v) is 7.99. The molecule has 1 aromatic heterocycles. The van der Waals surface area contributed by atoms with Gasteiger partial charge >= 0.3 is 0 Å². The Morgan fingerprint density at radius 1 is 1.57 bits per heavy atom. The van der Waals surface area contributed by atoms with Gasteiger partial charge in [0.05, 0.1) is 18.9 Å². The Morgan fingerprint density at radius 3 is 3.36 bits per heavy atom. The van der Waals surface area contributed by atoms with Gasteiger partial charge < -0.3 is 15.8 Å². The first-order chi connectivity index (χ1) is 6.90. The molecule has 0 radical (unpaired) electrons. The topological polar surface area (TPSA) is 73.1 Å². The van der Waals surface area contributed by atoms with Crippen molar-refractivity contribution >= 4 is 5.95 Å². The van der Waals surface area contributed by atoms with Crippen molar-refractivity contribution in [2.45, 2.75) is 13.0 Å². The van der Waals surface area contributed by atoms with Crippen molar-refractivity contribution in [3.63, 3.8) is 0 Å². The van der Waals surface area contributed by atoms with E-state index in [1.807, 2.05) is 6.20 Å². The van der Waals surface area contributed by atoms with E-state index >= 15 is 0 Å². The van der Waals surface area contributed by atoms with Crippen LogP contribution in [0.1, 0.15) is 11.3 Å². The molecular weight excluding hydrogens is 180 g/mol. The van der Waals surface area contributed by atoms with Crippen LogP contribution in [0.4, 0.5) is 5.95 Å². The quantitative estimate of drug-likeness (QED) is 0.704. The van der Waals surface area contributed by atoms with Crippen LogP contribution >= 0.6 is 0 Å². The van der Waals surface area contributed by atoms with Gasteiger partial charge in [-0.15, -0.1) is 0 Å². The fraction of sp³-hybridized carbons (Fsp3) is 0.556. The zero-order chi connectivity index (χ0) is 9.80. The molecule has 0 amide bonds. The minimum atomic E-state index is 0.587.